The van der Waals surface area contributed by atoms with E-state index in [2.05, 4.69) is 26.1 Å². The molecule has 5 nitrogen and oxygen atoms in total. The van der Waals surface area contributed by atoms with Crippen molar-refractivity contribution in [1.82, 2.24) is 10.2 Å². The molecule has 1 N–H and O–H groups in total. The topological polar surface area (TPSA) is 58.6 Å². The Balaban J connectivity index is 2.16. The summed E-state index contributed by atoms with van der Waals surface area (Å²) in [7, 11) is 0. The van der Waals surface area contributed by atoms with Gasteiger partial charge in [0.1, 0.15) is 11.8 Å². The van der Waals surface area contributed by atoms with Gasteiger partial charge >= 0.3 is 0 Å². The standard InChI is InChI=1S/C27H38N2O3/c1-19-10-9-11-21(16-19)17-29(20(2)25(31)28-27(6,7)8)24(30)18-32-23-14-12-22(13-15-23)26(3,4)5/h9-16,20H,17-18H2,1-8H3,(H,28,31)/t20-/m0/s1. The van der Waals surface area contributed by atoms with E-state index in [0.717, 1.165) is 11.1 Å². The summed E-state index contributed by atoms with van der Waals surface area (Å²) >= 11 is 0. The van der Waals surface area contributed by atoms with Crippen LogP contribution in [0, 0.1) is 6.92 Å². The lowest BCUT2D eigenvalue weighted by atomic mass is 9.87. The second kappa shape index (κ2) is 10.2. The number of ether oxygens (including phenoxy) is 1. The molecule has 1 atom stereocenters. The van der Waals surface area contributed by atoms with Crippen LogP contribution in [0.25, 0.3) is 0 Å². The number of aryl methyl sites for hydroxylation is 1. The molecule has 0 fully saturated rings. The fraction of sp³-hybridized carbons (Fsp3) is 0.481. The van der Waals surface area contributed by atoms with Crippen LogP contribution < -0.4 is 10.1 Å². The van der Waals surface area contributed by atoms with Gasteiger partial charge in [0.05, 0.1) is 0 Å². The maximum absolute atomic E-state index is 13.2. The molecule has 0 saturated heterocycles. The van der Waals surface area contributed by atoms with Crippen molar-refractivity contribution in [2.45, 2.75) is 78.9 Å². The highest BCUT2D eigenvalue weighted by molar-refractivity contribution is 5.88. The predicted molar refractivity (Wildman–Crippen MR) is 130 cm³/mol. The first-order valence-electron chi connectivity index (χ1n) is 11.2. The maximum atomic E-state index is 13.2. The van der Waals surface area contributed by atoms with Crippen LogP contribution >= 0.6 is 0 Å². The summed E-state index contributed by atoms with van der Waals surface area (Å²) in [6, 6.07) is 15.1. The molecule has 32 heavy (non-hydrogen) atoms. The molecule has 0 bridgehead atoms. The number of benzene rings is 2. The minimum atomic E-state index is -0.630. The van der Waals surface area contributed by atoms with Gasteiger partial charge in [-0.25, -0.2) is 0 Å². The van der Waals surface area contributed by atoms with E-state index in [9.17, 15) is 9.59 Å². The molecule has 0 unspecified atom stereocenters. The van der Waals surface area contributed by atoms with Crippen LogP contribution in [-0.2, 0) is 21.5 Å². The van der Waals surface area contributed by atoms with E-state index in [4.69, 9.17) is 4.74 Å². The highest BCUT2D eigenvalue weighted by Crippen LogP contribution is 2.24. The monoisotopic (exact) mass is 438 g/mol. The molecule has 0 aromatic heterocycles. The molecular formula is C27H38N2O3. The molecule has 0 aliphatic carbocycles. The van der Waals surface area contributed by atoms with Gasteiger partial charge < -0.3 is 15.0 Å². The van der Waals surface area contributed by atoms with E-state index in [-0.39, 0.29) is 29.4 Å². The zero-order valence-electron chi connectivity index (χ0n) is 20.8. The van der Waals surface area contributed by atoms with E-state index >= 15 is 0 Å². The Morgan fingerprint density at radius 3 is 2.16 bits per heavy atom. The van der Waals surface area contributed by atoms with Crippen molar-refractivity contribution in [2.75, 3.05) is 6.61 Å². The van der Waals surface area contributed by atoms with E-state index in [1.807, 2.05) is 76.2 Å². The molecule has 0 radical (unpaired) electrons. The molecule has 0 spiro atoms. The Morgan fingerprint density at radius 1 is 1.00 bits per heavy atom. The fourth-order valence-electron chi connectivity index (χ4n) is 3.34. The van der Waals surface area contributed by atoms with Crippen molar-refractivity contribution in [3.05, 3.63) is 65.2 Å². The summed E-state index contributed by atoms with van der Waals surface area (Å²) < 4.78 is 5.79. The van der Waals surface area contributed by atoms with Gasteiger partial charge in [0.2, 0.25) is 5.91 Å². The molecule has 174 valence electrons. The Hall–Kier alpha value is -2.82. The number of hydrogen-bond donors (Lipinski definition) is 1. The lowest BCUT2D eigenvalue weighted by Gasteiger charge is -2.31. The molecular weight excluding hydrogens is 400 g/mol. The quantitative estimate of drug-likeness (QED) is 0.662. The Kier molecular flexibility index (Phi) is 8.11. The Bertz CT molecular complexity index is 921. The van der Waals surface area contributed by atoms with Gasteiger partial charge in [0.15, 0.2) is 6.61 Å². The number of amides is 2. The highest BCUT2D eigenvalue weighted by atomic mass is 16.5. The van der Waals surface area contributed by atoms with Gasteiger partial charge in [-0.1, -0.05) is 62.7 Å². The van der Waals surface area contributed by atoms with Crippen molar-refractivity contribution < 1.29 is 14.3 Å². The largest absolute Gasteiger partial charge is 0.484 e. The number of nitrogens with one attached hydrogen (secondary N) is 1. The number of nitrogens with zero attached hydrogens (tertiary/aromatic N) is 1. The molecule has 0 saturated carbocycles. The summed E-state index contributed by atoms with van der Waals surface area (Å²) in [4.78, 5) is 27.6. The SMILES string of the molecule is Cc1cccc(CN(C(=O)COc2ccc(C(C)(C)C)cc2)[C@@H](C)C(=O)NC(C)(C)C)c1. The molecule has 2 amide bonds. The van der Waals surface area contributed by atoms with E-state index < -0.39 is 6.04 Å². The lowest BCUT2D eigenvalue weighted by Crippen LogP contribution is -2.53. The zero-order chi connectivity index (χ0) is 24.1. The molecule has 0 aliphatic rings. The minimum absolute atomic E-state index is 0.0504. The van der Waals surface area contributed by atoms with Gasteiger partial charge in [-0.3, -0.25) is 9.59 Å². The van der Waals surface area contributed by atoms with Gasteiger partial charge in [-0.15, -0.1) is 0 Å². The van der Waals surface area contributed by atoms with E-state index in [1.54, 1.807) is 11.8 Å². The second-order valence-corrected chi connectivity index (χ2v) is 10.5. The Morgan fingerprint density at radius 2 is 1.62 bits per heavy atom. The molecule has 0 heterocycles. The molecule has 2 aromatic rings. The minimum Gasteiger partial charge on any atom is -0.484 e. The zero-order valence-corrected chi connectivity index (χ0v) is 20.8. The predicted octanol–water partition coefficient (Wildman–Crippen LogP) is 5.00. The Labute approximate surface area is 193 Å². The normalized spacial score (nSPS) is 12.8. The maximum Gasteiger partial charge on any atom is 0.261 e. The third-order valence-electron chi connectivity index (χ3n) is 5.18. The molecule has 2 rings (SSSR count). The molecule has 5 heteroatoms. The summed E-state index contributed by atoms with van der Waals surface area (Å²) in [5.74, 6) is 0.213. The number of hydrogen-bond acceptors (Lipinski definition) is 3. The fourth-order valence-corrected chi connectivity index (χ4v) is 3.34. The number of rotatable bonds is 7. The summed E-state index contributed by atoms with van der Waals surface area (Å²) in [6.07, 6.45) is 0. The van der Waals surface area contributed by atoms with E-state index in [1.165, 1.54) is 5.56 Å². The van der Waals surface area contributed by atoms with Crippen molar-refractivity contribution >= 4 is 11.8 Å². The van der Waals surface area contributed by atoms with Crippen LogP contribution in [0.2, 0.25) is 0 Å². The highest BCUT2D eigenvalue weighted by Gasteiger charge is 2.28. The first-order valence-corrected chi connectivity index (χ1v) is 11.2. The van der Waals surface area contributed by atoms with Crippen molar-refractivity contribution in [2.24, 2.45) is 0 Å². The summed E-state index contributed by atoms with van der Waals surface area (Å²) in [6.45, 7) is 16.2. The third kappa shape index (κ3) is 7.70. The average molecular weight is 439 g/mol. The van der Waals surface area contributed by atoms with Gasteiger partial charge in [-0.2, -0.15) is 0 Å². The van der Waals surface area contributed by atoms with Crippen LogP contribution in [0.4, 0.5) is 0 Å². The molecule has 0 aliphatic heterocycles. The molecule has 2 aromatic carbocycles. The van der Waals surface area contributed by atoms with Gasteiger partial charge in [0.25, 0.3) is 5.91 Å². The first kappa shape index (κ1) is 25.4. The van der Waals surface area contributed by atoms with Crippen LogP contribution in [0.5, 0.6) is 5.75 Å². The van der Waals surface area contributed by atoms with Crippen LogP contribution in [0.1, 0.15) is 65.2 Å². The number of carbonyl (C=O) groups excluding carboxylic acids is 2. The first-order chi connectivity index (χ1) is 14.8. The smallest absolute Gasteiger partial charge is 0.261 e. The van der Waals surface area contributed by atoms with Gasteiger partial charge in [-0.05, 0) is 63.3 Å². The van der Waals surface area contributed by atoms with Crippen molar-refractivity contribution in [3.63, 3.8) is 0 Å². The number of carbonyl (C=O) groups is 2. The van der Waals surface area contributed by atoms with Crippen LogP contribution in [0.15, 0.2) is 48.5 Å². The second-order valence-electron chi connectivity index (χ2n) is 10.5. The van der Waals surface area contributed by atoms with E-state index in [0.29, 0.717) is 12.3 Å². The van der Waals surface area contributed by atoms with Gasteiger partial charge in [0, 0.05) is 12.1 Å². The van der Waals surface area contributed by atoms with Crippen LogP contribution in [-0.4, -0.2) is 34.9 Å². The lowest BCUT2D eigenvalue weighted by molar-refractivity contribution is -0.142. The summed E-state index contributed by atoms with van der Waals surface area (Å²) in [5.41, 5.74) is 2.95. The van der Waals surface area contributed by atoms with Crippen molar-refractivity contribution in [3.8, 4) is 5.75 Å². The third-order valence-corrected chi connectivity index (χ3v) is 5.18. The average Bonchev–Trinajstić information content (AvgIpc) is 2.68. The van der Waals surface area contributed by atoms with Crippen LogP contribution in [0.3, 0.4) is 0 Å². The van der Waals surface area contributed by atoms with Crippen molar-refractivity contribution in [1.29, 1.82) is 0 Å². The summed E-state index contributed by atoms with van der Waals surface area (Å²) in [5, 5.41) is 2.97.